The molecule has 0 bridgehead atoms. The van der Waals surface area contributed by atoms with Gasteiger partial charge in [0, 0.05) is 11.1 Å². The highest BCUT2D eigenvalue weighted by Crippen LogP contribution is 2.30. The van der Waals surface area contributed by atoms with Crippen LogP contribution in [0.2, 0.25) is 0 Å². The van der Waals surface area contributed by atoms with E-state index in [4.69, 9.17) is 5.73 Å². The molecule has 2 N–H and O–H groups in total. The Balaban J connectivity index is 3.41. The van der Waals surface area contributed by atoms with E-state index in [-0.39, 0.29) is 11.1 Å². The zero-order valence-corrected chi connectivity index (χ0v) is 9.55. The Kier molecular flexibility index (Phi) is 3.43. The summed E-state index contributed by atoms with van der Waals surface area (Å²) in [6.07, 6.45) is 0. The molecule has 88 valence electrons. The maximum absolute atomic E-state index is 13.8. The molecule has 1 aromatic rings. The van der Waals surface area contributed by atoms with Gasteiger partial charge < -0.3 is 5.73 Å². The summed E-state index contributed by atoms with van der Waals surface area (Å²) in [5.74, 6) is -1.18. The van der Waals surface area contributed by atoms with Crippen molar-refractivity contribution >= 4 is 5.78 Å². The molecule has 0 aliphatic rings. The van der Waals surface area contributed by atoms with Crippen LogP contribution in [-0.4, -0.2) is 11.8 Å². The van der Waals surface area contributed by atoms with Gasteiger partial charge in [-0.25, -0.2) is 8.78 Å². The quantitative estimate of drug-likeness (QED) is 0.806. The number of Topliss-reactive ketones (excluding diaryl/α,β-unsaturated/α-hetero) is 1. The van der Waals surface area contributed by atoms with Crippen LogP contribution in [0.15, 0.2) is 18.2 Å². The number of ketones is 1. The first-order valence-corrected chi connectivity index (χ1v) is 5.03. The Morgan fingerprint density at radius 2 is 2.00 bits per heavy atom. The summed E-state index contributed by atoms with van der Waals surface area (Å²) in [4.78, 5) is 11.7. The Labute approximate surface area is 93.5 Å². The fraction of sp³-hybridized carbons (Fsp3) is 0.417. The molecular weight excluding hydrogens is 212 g/mol. The van der Waals surface area contributed by atoms with Crippen LogP contribution >= 0.6 is 0 Å². The molecule has 1 rings (SSSR count). The molecule has 0 saturated heterocycles. The second-order valence-electron chi connectivity index (χ2n) is 4.29. The Hall–Kier alpha value is -1.29. The maximum Gasteiger partial charge on any atom is 0.179 e. The van der Waals surface area contributed by atoms with E-state index in [1.165, 1.54) is 32.9 Å². The summed E-state index contributed by atoms with van der Waals surface area (Å²) in [5, 5.41) is 0. The largest absolute Gasteiger partial charge is 0.321 e. The van der Waals surface area contributed by atoms with Crippen molar-refractivity contribution in [3.8, 4) is 0 Å². The third-order valence-corrected chi connectivity index (χ3v) is 2.29. The molecule has 0 fully saturated rings. The monoisotopic (exact) mass is 227 g/mol. The normalized spacial score (nSPS) is 13.6. The summed E-state index contributed by atoms with van der Waals surface area (Å²) in [6.45, 7) is 3.91. The molecule has 1 aromatic carbocycles. The molecule has 0 radical (unpaired) electrons. The van der Waals surface area contributed by atoms with Gasteiger partial charge in [-0.2, -0.15) is 0 Å². The SMILES string of the molecule is CC(N)C(=O)c1cccc(F)c1C(C)(C)F. The van der Waals surface area contributed by atoms with Gasteiger partial charge in [-0.05, 0) is 26.8 Å². The summed E-state index contributed by atoms with van der Waals surface area (Å²) in [6, 6.07) is 3.13. The molecule has 0 heterocycles. The van der Waals surface area contributed by atoms with Gasteiger partial charge >= 0.3 is 0 Å². The van der Waals surface area contributed by atoms with E-state index in [1.807, 2.05) is 0 Å². The summed E-state index contributed by atoms with van der Waals surface area (Å²) in [5.41, 5.74) is 3.32. The van der Waals surface area contributed by atoms with E-state index in [0.29, 0.717) is 0 Å². The number of hydrogen-bond donors (Lipinski definition) is 1. The number of carbonyl (C=O) groups is 1. The summed E-state index contributed by atoms with van der Waals surface area (Å²) >= 11 is 0. The van der Waals surface area contributed by atoms with Crippen molar-refractivity contribution in [3.05, 3.63) is 35.1 Å². The van der Waals surface area contributed by atoms with Crippen LogP contribution < -0.4 is 5.73 Å². The average molecular weight is 227 g/mol. The lowest BCUT2D eigenvalue weighted by molar-refractivity contribution is 0.0959. The summed E-state index contributed by atoms with van der Waals surface area (Å²) < 4.78 is 27.4. The van der Waals surface area contributed by atoms with Crippen molar-refractivity contribution in [2.24, 2.45) is 5.73 Å². The first kappa shape index (κ1) is 12.8. The van der Waals surface area contributed by atoms with Crippen LogP contribution in [0, 0.1) is 5.82 Å². The molecule has 0 saturated carbocycles. The van der Waals surface area contributed by atoms with Crippen molar-refractivity contribution in [2.45, 2.75) is 32.5 Å². The number of rotatable bonds is 3. The molecule has 0 spiro atoms. The minimum atomic E-state index is -1.91. The third kappa shape index (κ3) is 2.44. The molecule has 4 heteroatoms. The lowest BCUT2D eigenvalue weighted by Gasteiger charge is -2.20. The first-order valence-electron chi connectivity index (χ1n) is 5.03. The Bertz CT molecular complexity index is 408. The second kappa shape index (κ2) is 4.29. The number of halogens is 2. The minimum Gasteiger partial charge on any atom is -0.321 e. The van der Waals surface area contributed by atoms with Crippen LogP contribution in [0.5, 0.6) is 0 Å². The average Bonchev–Trinajstić information content (AvgIpc) is 2.14. The minimum absolute atomic E-state index is 0.0162. The fourth-order valence-electron chi connectivity index (χ4n) is 1.58. The standard InChI is InChI=1S/C12H15F2NO/c1-7(15)11(16)8-5-4-6-9(13)10(8)12(2,3)14/h4-7H,15H2,1-3H3. The molecule has 0 aliphatic carbocycles. The van der Waals surface area contributed by atoms with Crippen molar-refractivity contribution in [3.63, 3.8) is 0 Å². The fourth-order valence-corrected chi connectivity index (χ4v) is 1.58. The van der Waals surface area contributed by atoms with Gasteiger partial charge in [0.15, 0.2) is 5.78 Å². The van der Waals surface area contributed by atoms with E-state index in [2.05, 4.69) is 0 Å². The number of nitrogens with two attached hydrogens (primary N) is 1. The maximum atomic E-state index is 13.8. The number of carbonyl (C=O) groups excluding carboxylic acids is 1. The van der Waals surface area contributed by atoms with Gasteiger partial charge in [0.05, 0.1) is 6.04 Å². The lowest BCUT2D eigenvalue weighted by Crippen LogP contribution is -2.29. The van der Waals surface area contributed by atoms with Crippen LogP contribution in [0.4, 0.5) is 8.78 Å². The molecule has 0 aromatic heterocycles. The zero-order valence-electron chi connectivity index (χ0n) is 9.55. The van der Waals surface area contributed by atoms with Gasteiger partial charge in [-0.1, -0.05) is 12.1 Å². The molecular formula is C12H15F2NO. The predicted molar refractivity (Wildman–Crippen MR) is 58.5 cm³/mol. The van der Waals surface area contributed by atoms with Gasteiger partial charge in [-0.15, -0.1) is 0 Å². The highest BCUT2D eigenvalue weighted by molar-refractivity contribution is 6.01. The van der Waals surface area contributed by atoms with E-state index in [9.17, 15) is 13.6 Å². The highest BCUT2D eigenvalue weighted by atomic mass is 19.1. The second-order valence-corrected chi connectivity index (χ2v) is 4.29. The van der Waals surface area contributed by atoms with Gasteiger partial charge in [0.25, 0.3) is 0 Å². The van der Waals surface area contributed by atoms with Crippen LogP contribution in [0.1, 0.15) is 36.7 Å². The topological polar surface area (TPSA) is 43.1 Å². The van der Waals surface area contributed by atoms with Crippen LogP contribution in [-0.2, 0) is 5.67 Å². The first-order chi connectivity index (χ1) is 7.25. The van der Waals surface area contributed by atoms with E-state index in [0.717, 1.165) is 6.07 Å². The summed E-state index contributed by atoms with van der Waals surface area (Å²) in [7, 11) is 0. The van der Waals surface area contributed by atoms with Gasteiger partial charge in [-0.3, -0.25) is 4.79 Å². The van der Waals surface area contributed by atoms with Crippen molar-refractivity contribution in [2.75, 3.05) is 0 Å². The van der Waals surface area contributed by atoms with Crippen LogP contribution in [0.3, 0.4) is 0 Å². The number of alkyl halides is 1. The molecule has 1 unspecified atom stereocenters. The molecule has 1 atom stereocenters. The molecule has 0 amide bonds. The third-order valence-electron chi connectivity index (χ3n) is 2.29. The van der Waals surface area contributed by atoms with Crippen molar-refractivity contribution < 1.29 is 13.6 Å². The van der Waals surface area contributed by atoms with E-state index >= 15 is 0 Å². The lowest BCUT2D eigenvalue weighted by atomic mass is 9.90. The number of benzene rings is 1. The van der Waals surface area contributed by atoms with Crippen molar-refractivity contribution in [1.29, 1.82) is 0 Å². The molecule has 0 aliphatic heterocycles. The van der Waals surface area contributed by atoms with Crippen LogP contribution in [0.25, 0.3) is 0 Å². The predicted octanol–water partition coefficient (Wildman–Crippen LogP) is 2.56. The van der Waals surface area contributed by atoms with E-state index < -0.39 is 23.3 Å². The number of hydrogen-bond acceptors (Lipinski definition) is 2. The Morgan fingerprint density at radius 1 is 1.44 bits per heavy atom. The van der Waals surface area contributed by atoms with Crippen molar-refractivity contribution in [1.82, 2.24) is 0 Å². The smallest absolute Gasteiger partial charge is 0.179 e. The van der Waals surface area contributed by atoms with E-state index in [1.54, 1.807) is 0 Å². The zero-order chi connectivity index (χ0) is 12.5. The van der Waals surface area contributed by atoms with Gasteiger partial charge in [0.2, 0.25) is 0 Å². The Morgan fingerprint density at radius 3 is 2.44 bits per heavy atom. The van der Waals surface area contributed by atoms with Gasteiger partial charge in [0.1, 0.15) is 11.5 Å². The highest BCUT2D eigenvalue weighted by Gasteiger charge is 2.29. The molecule has 16 heavy (non-hydrogen) atoms. The molecule has 2 nitrogen and oxygen atoms in total.